The van der Waals surface area contributed by atoms with Gasteiger partial charge in [-0.1, -0.05) is 0 Å². The third kappa shape index (κ3) is 0.493. The molecule has 0 aromatic carbocycles. The normalized spacial score (nSPS) is 61.3. The number of nitrogens with one attached hydrogen (secondary N) is 1. The predicted molar refractivity (Wildman–Crippen MR) is 36.1 cm³/mol. The second kappa shape index (κ2) is 1.34. The summed E-state index contributed by atoms with van der Waals surface area (Å²) in [5, 5.41) is 3.58. The Balaban J connectivity index is 1.88. The lowest BCUT2D eigenvalue weighted by molar-refractivity contribution is 0.450. The Labute approximate surface area is 55.8 Å². The highest BCUT2D eigenvalue weighted by atomic mass is 15.0. The highest BCUT2D eigenvalue weighted by molar-refractivity contribution is 5.07. The van der Waals surface area contributed by atoms with Gasteiger partial charge in [0.1, 0.15) is 0 Å². The van der Waals surface area contributed by atoms with E-state index in [0.29, 0.717) is 0 Å². The maximum Gasteiger partial charge on any atom is 0.0101 e. The van der Waals surface area contributed by atoms with E-state index in [1.807, 2.05) is 0 Å². The van der Waals surface area contributed by atoms with E-state index >= 15 is 0 Å². The SMILES string of the molecule is C1CC2C(CC3CC32)N1. The molecule has 0 radical (unpaired) electrons. The lowest BCUT2D eigenvalue weighted by Gasteiger charge is -2.10. The highest BCUT2D eigenvalue weighted by Gasteiger charge is 2.54. The molecule has 3 fully saturated rings. The summed E-state index contributed by atoms with van der Waals surface area (Å²) in [6, 6.07) is 0.953. The van der Waals surface area contributed by atoms with Crippen LogP contribution in [0.2, 0.25) is 0 Å². The van der Waals surface area contributed by atoms with E-state index in [9.17, 15) is 0 Å². The first-order chi connectivity index (χ1) is 4.45. The van der Waals surface area contributed by atoms with Crippen LogP contribution in [0.15, 0.2) is 0 Å². The maximum atomic E-state index is 3.58. The minimum absolute atomic E-state index is 0.953. The zero-order valence-corrected chi connectivity index (χ0v) is 5.64. The van der Waals surface area contributed by atoms with Crippen molar-refractivity contribution in [1.29, 1.82) is 0 Å². The van der Waals surface area contributed by atoms with Gasteiger partial charge in [-0.3, -0.25) is 0 Å². The fraction of sp³-hybridized carbons (Fsp3) is 1.00. The van der Waals surface area contributed by atoms with Crippen LogP contribution in [0, 0.1) is 17.8 Å². The van der Waals surface area contributed by atoms with E-state index in [4.69, 9.17) is 0 Å². The van der Waals surface area contributed by atoms with Gasteiger partial charge in [0.2, 0.25) is 0 Å². The van der Waals surface area contributed by atoms with Gasteiger partial charge in [0.15, 0.2) is 0 Å². The average Bonchev–Trinajstić information content (AvgIpc) is 2.38. The van der Waals surface area contributed by atoms with Gasteiger partial charge in [-0.2, -0.15) is 0 Å². The average molecular weight is 123 g/mol. The third-order valence-corrected chi connectivity index (χ3v) is 3.48. The molecule has 1 N–H and O–H groups in total. The molecule has 1 heterocycles. The smallest absolute Gasteiger partial charge is 0.0101 e. The Morgan fingerprint density at radius 2 is 2.11 bits per heavy atom. The van der Waals surface area contributed by atoms with Gasteiger partial charge in [-0.15, -0.1) is 0 Å². The minimum Gasteiger partial charge on any atom is -0.314 e. The number of hydrogen-bond acceptors (Lipinski definition) is 1. The molecular weight excluding hydrogens is 110 g/mol. The molecule has 3 aliphatic rings. The molecule has 9 heavy (non-hydrogen) atoms. The third-order valence-electron chi connectivity index (χ3n) is 3.48. The zero-order valence-electron chi connectivity index (χ0n) is 5.64. The first-order valence-electron chi connectivity index (χ1n) is 4.18. The molecule has 0 spiro atoms. The van der Waals surface area contributed by atoms with Gasteiger partial charge in [0.05, 0.1) is 0 Å². The van der Waals surface area contributed by atoms with Crippen LogP contribution in [-0.2, 0) is 0 Å². The van der Waals surface area contributed by atoms with Gasteiger partial charge in [-0.25, -0.2) is 0 Å². The standard InChI is InChI=1S/C8H13N/c1-2-9-8-4-5-3-7(5)6(1)8/h5-9H,1-4H2. The Morgan fingerprint density at radius 3 is 3.00 bits per heavy atom. The van der Waals surface area contributed by atoms with Gasteiger partial charge in [0.25, 0.3) is 0 Å². The number of fused-ring (bicyclic) bond motifs is 3. The Kier molecular flexibility index (Phi) is 0.704. The summed E-state index contributed by atoms with van der Waals surface area (Å²) in [4.78, 5) is 0. The van der Waals surface area contributed by atoms with Crippen LogP contribution in [0.4, 0.5) is 0 Å². The van der Waals surface area contributed by atoms with Gasteiger partial charge in [-0.05, 0) is 43.6 Å². The molecule has 4 unspecified atom stereocenters. The molecule has 1 nitrogen and oxygen atoms in total. The fourth-order valence-electron chi connectivity index (χ4n) is 2.95. The monoisotopic (exact) mass is 123 g/mol. The Morgan fingerprint density at radius 1 is 1.11 bits per heavy atom. The summed E-state index contributed by atoms with van der Waals surface area (Å²) in [5.74, 6) is 3.44. The Bertz CT molecular complexity index is 144. The summed E-state index contributed by atoms with van der Waals surface area (Å²) in [7, 11) is 0. The van der Waals surface area contributed by atoms with Crippen molar-refractivity contribution in [2.45, 2.75) is 25.3 Å². The van der Waals surface area contributed by atoms with Crippen LogP contribution in [0.3, 0.4) is 0 Å². The second-order valence-corrected chi connectivity index (χ2v) is 3.91. The van der Waals surface area contributed by atoms with Gasteiger partial charge >= 0.3 is 0 Å². The molecule has 1 heteroatoms. The first kappa shape index (κ1) is 4.73. The topological polar surface area (TPSA) is 12.0 Å². The fourth-order valence-corrected chi connectivity index (χ4v) is 2.95. The molecule has 2 saturated carbocycles. The summed E-state index contributed by atoms with van der Waals surface area (Å²) >= 11 is 0. The van der Waals surface area contributed by atoms with Crippen LogP contribution in [0.1, 0.15) is 19.3 Å². The van der Waals surface area contributed by atoms with Crippen LogP contribution in [0.5, 0.6) is 0 Å². The minimum atomic E-state index is 0.953. The summed E-state index contributed by atoms with van der Waals surface area (Å²) in [5.41, 5.74) is 0. The second-order valence-electron chi connectivity index (χ2n) is 3.91. The summed E-state index contributed by atoms with van der Waals surface area (Å²) in [6.07, 6.45) is 4.56. The lowest BCUT2D eigenvalue weighted by Crippen LogP contribution is -2.24. The van der Waals surface area contributed by atoms with Crippen molar-refractivity contribution >= 4 is 0 Å². The van der Waals surface area contributed by atoms with Crippen molar-refractivity contribution in [3.8, 4) is 0 Å². The lowest BCUT2D eigenvalue weighted by atomic mass is 10.00. The van der Waals surface area contributed by atoms with E-state index in [0.717, 1.165) is 17.9 Å². The Hall–Kier alpha value is -0.0400. The number of rotatable bonds is 0. The van der Waals surface area contributed by atoms with Crippen LogP contribution >= 0.6 is 0 Å². The molecule has 0 amide bonds. The van der Waals surface area contributed by atoms with Crippen LogP contribution in [0.25, 0.3) is 0 Å². The van der Waals surface area contributed by atoms with Crippen molar-refractivity contribution in [3.05, 3.63) is 0 Å². The molecule has 3 rings (SSSR count). The summed E-state index contributed by atoms with van der Waals surface area (Å²) < 4.78 is 0. The van der Waals surface area contributed by atoms with Gasteiger partial charge in [0, 0.05) is 6.04 Å². The highest BCUT2D eigenvalue weighted by Crippen LogP contribution is 2.57. The molecule has 1 saturated heterocycles. The van der Waals surface area contributed by atoms with Gasteiger partial charge < -0.3 is 5.32 Å². The van der Waals surface area contributed by atoms with E-state index in [2.05, 4.69) is 5.32 Å². The molecule has 0 aromatic heterocycles. The van der Waals surface area contributed by atoms with Crippen molar-refractivity contribution in [2.75, 3.05) is 6.54 Å². The van der Waals surface area contributed by atoms with E-state index in [1.54, 1.807) is 6.42 Å². The van der Waals surface area contributed by atoms with Crippen molar-refractivity contribution < 1.29 is 0 Å². The molecule has 2 aliphatic carbocycles. The van der Waals surface area contributed by atoms with Crippen LogP contribution < -0.4 is 5.32 Å². The molecule has 0 aromatic rings. The molecule has 4 atom stereocenters. The van der Waals surface area contributed by atoms with Crippen molar-refractivity contribution in [1.82, 2.24) is 5.32 Å². The largest absolute Gasteiger partial charge is 0.314 e. The predicted octanol–water partition coefficient (Wildman–Crippen LogP) is 1.00. The quantitative estimate of drug-likeness (QED) is 0.507. The maximum absolute atomic E-state index is 3.58. The van der Waals surface area contributed by atoms with E-state index in [1.165, 1.54) is 25.3 Å². The molecule has 1 aliphatic heterocycles. The van der Waals surface area contributed by atoms with Crippen molar-refractivity contribution in [3.63, 3.8) is 0 Å². The van der Waals surface area contributed by atoms with Crippen molar-refractivity contribution in [2.24, 2.45) is 17.8 Å². The molecular formula is C8H13N. The molecule has 0 bridgehead atoms. The number of hydrogen-bond donors (Lipinski definition) is 1. The van der Waals surface area contributed by atoms with Crippen LogP contribution in [-0.4, -0.2) is 12.6 Å². The first-order valence-corrected chi connectivity index (χ1v) is 4.18. The summed E-state index contributed by atoms with van der Waals surface area (Å²) in [6.45, 7) is 1.30. The molecule has 50 valence electrons. The van der Waals surface area contributed by atoms with E-state index < -0.39 is 0 Å². The zero-order chi connectivity index (χ0) is 5.84. The van der Waals surface area contributed by atoms with E-state index in [-0.39, 0.29) is 0 Å².